The van der Waals surface area contributed by atoms with E-state index < -0.39 is 0 Å². The van der Waals surface area contributed by atoms with Crippen LogP contribution in [0.2, 0.25) is 0 Å². The Morgan fingerprint density at radius 3 is 2.91 bits per heavy atom. The highest BCUT2D eigenvalue weighted by molar-refractivity contribution is 5.41. The fourth-order valence-corrected chi connectivity index (χ4v) is 2.98. The third kappa shape index (κ3) is 3.82. The van der Waals surface area contributed by atoms with Gasteiger partial charge in [0.1, 0.15) is 17.6 Å². The van der Waals surface area contributed by atoms with E-state index in [1.165, 1.54) is 5.56 Å². The second-order valence-electron chi connectivity index (χ2n) is 6.06. The molecule has 0 aliphatic carbocycles. The molecule has 0 N–H and O–H groups in total. The molecule has 0 radical (unpaired) electrons. The lowest BCUT2D eigenvalue weighted by atomic mass is 10.1. The second-order valence-corrected chi connectivity index (χ2v) is 6.06. The molecule has 0 fully saturated rings. The van der Waals surface area contributed by atoms with Gasteiger partial charge in [0.05, 0.1) is 12.8 Å². The van der Waals surface area contributed by atoms with Crippen LogP contribution < -0.4 is 9.47 Å². The van der Waals surface area contributed by atoms with Crippen LogP contribution in [0.1, 0.15) is 30.3 Å². The maximum Gasteiger partial charge on any atom is 0.124 e. The minimum Gasteiger partial charge on any atom is -0.497 e. The molecule has 4 heteroatoms. The summed E-state index contributed by atoms with van der Waals surface area (Å²) in [6.45, 7) is 6.78. The van der Waals surface area contributed by atoms with Crippen molar-refractivity contribution in [2.75, 3.05) is 13.7 Å². The number of fused-ring (bicyclic) bond motifs is 1. The lowest BCUT2D eigenvalue weighted by molar-refractivity contribution is 0.138. The lowest BCUT2D eigenvalue weighted by Crippen LogP contribution is -2.32. The molecule has 0 saturated carbocycles. The van der Waals surface area contributed by atoms with Crippen molar-refractivity contribution >= 4 is 0 Å². The van der Waals surface area contributed by atoms with Crippen molar-refractivity contribution in [2.45, 2.75) is 39.5 Å². The standard InChI is InChI=1S/C19H24N2O2/c1-4-17-13-21(12-16-7-5-6-14(2)20-16)11-15-10-18(22-3)8-9-19(15)23-17/h5-10,17H,4,11-13H2,1-3H3/t17-/m1/s1. The van der Waals surface area contributed by atoms with Crippen molar-refractivity contribution in [3.63, 3.8) is 0 Å². The summed E-state index contributed by atoms with van der Waals surface area (Å²) in [4.78, 5) is 7.04. The number of ether oxygens (including phenoxy) is 2. The molecule has 1 aliphatic rings. The van der Waals surface area contributed by atoms with E-state index >= 15 is 0 Å². The first-order chi connectivity index (χ1) is 11.2. The number of pyridine rings is 1. The predicted molar refractivity (Wildman–Crippen MR) is 90.8 cm³/mol. The molecule has 2 aromatic rings. The number of rotatable bonds is 4. The number of aryl methyl sites for hydroxylation is 1. The maximum atomic E-state index is 6.18. The summed E-state index contributed by atoms with van der Waals surface area (Å²) >= 11 is 0. The van der Waals surface area contributed by atoms with E-state index in [-0.39, 0.29) is 6.10 Å². The number of nitrogens with zero attached hydrogens (tertiary/aromatic N) is 2. The van der Waals surface area contributed by atoms with E-state index in [4.69, 9.17) is 9.47 Å². The third-order valence-electron chi connectivity index (χ3n) is 4.20. The van der Waals surface area contributed by atoms with Gasteiger partial charge in [0, 0.05) is 30.9 Å². The molecule has 0 saturated heterocycles. The maximum absolute atomic E-state index is 6.18. The molecule has 1 aromatic carbocycles. The van der Waals surface area contributed by atoms with Gasteiger partial charge in [-0.15, -0.1) is 0 Å². The Morgan fingerprint density at radius 1 is 1.30 bits per heavy atom. The smallest absolute Gasteiger partial charge is 0.124 e. The largest absolute Gasteiger partial charge is 0.497 e. The van der Waals surface area contributed by atoms with E-state index in [2.05, 4.69) is 35.0 Å². The fourth-order valence-electron chi connectivity index (χ4n) is 2.98. The van der Waals surface area contributed by atoms with Gasteiger partial charge in [0.2, 0.25) is 0 Å². The quantitative estimate of drug-likeness (QED) is 0.864. The van der Waals surface area contributed by atoms with E-state index in [1.807, 2.05) is 25.1 Å². The zero-order chi connectivity index (χ0) is 16.2. The van der Waals surface area contributed by atoms with E-state index in [0.29, 0.717) is 0 Å². The van der Waals surface area contributed by atoms with Crippen LogP contribution in [-0.2, 0) is 13.1 Å². The SMILES string of the molecule is CC[C@@H]1CN(Cc2cccc(C)n2)Cc2cc(OC)ccc2O1. The summed E-state index contributed by atoms with van der Waals surface area (Å²) in [6.07, 6.45) is 1.19. The van der Waals surface area contributed by atoms with Crippen molar-refractivity contribution in [1.82, 2.24) is 9.88 Å². The number of hydrogen-bond acceptors (Lipinski definition) is 4. The Balaban J connectivity index is 1.85. The molecule has 2 heterocycles. The molecule has 1 aromatic heterocycles. The van der Waals surface area contributed by atoms with Crippen molar-refractivity contribution < 1.29 is 9.47 Å². The van der Waals surface area contributed by atoms with Crippen LogP contribution in [0.4, 0.5) is 0 Å². The predicted octanol–water partition coefficient (Wildman–Crippen LogP) is 3.57. The number of aromatic nitrogens is 1. The third-order valence-corrected chi connectivity index (χ3v) is 4.20. The average molecular weight is 312 g/mol. The molecule has 0 bridgehead atoms. The minimum atomic E-state index is 0.203. The topological polar surface area (TPSA) is 34.6 Å². The summed E-state index contributed by atoms with van der Waals surface area (Å²) in [7, 11) is 1.70. The summed E-state index contributed by atoms with van der Waals surface area (Å²) < 4.78 is 11.5. The molecule has 23 heavy (non-hydrogen) atoms. The monoisotopic (exact) mass is 312 g/mol. The lowest BCUT2D eigenvalue weighted by Gasteiger charge is -2.22. The van der Waals surface area contributed by atoms with E-state index in [9.17, 15) is 0 Å². The number of methoxy groups -OCH3 is 1. The van der Waals surface area contributed by atoms with Crippen molar-refractivity contribution in [3.05, 3.63) is 53.3 Å². The fraction of sp³-hybridized carbons (Fsp3) is 0.421. The Labute approximate surface area is 138 Å². The van der Waals surface area contributed by atoms with Gasteiger partial charge in [0.25, 0.3) is 0 Å². The molecule has 3 rings (SSSR count). The van der Waals surface area contributed by atoms with Gasteiger partial charge in [-0.3, -0.25) is 9.88 Å². The normalized spacial score (nSPS) is 18.0. The summed E-state index contributed by atoms with van der Waals surface area (Å²) in [5.41, 5.74) is 3.34. The van der Waals surface area contributed by atoms with Gasteiger partial charge in [-0.25, -0.2) is 0 Å². The van der Waals surface area contributed by atoms with Crippen LogP contribution in [-0.4, -0.2) is 29.6 Å². The summed E-state index contributed by atoms with van der Waals surface area (Å²) in [6, 6.07) is 12.2. The van der Waals surface area contributed by atoms with Crippen LogP contribution in [0.25, 0.3) is 0 Å². The Kier molecular flexibility index (Phi) is 4.82. The van der Waals surface area contributed by atoms with Gasteiger partial charge in [-0.1, -0.05) is 13.0 Å². The molecule has 0 amide bonds. The molecule has 1 atom stereocenters. The molecule has 122 valence electrons. The van der Waals surface area contributed by atoms with Crippen molar-refractivity contribution in [3.8, 4) is 11.5 Å². The Hall–Kier alpha value is -2.07. The van der Waals surface area contributed by atoms with E-state index in [0.717, 1.165) is 48.9 Å². The highest BCUT2D eigenvalue weighted by Crippen LogP contribution is 2.30. The molecule has 0 spiro atoms. The zero-order valence-corrected chi connectivity index (χ0v) is 14.1. The van der Waals surface area contributed by atoms with Crippen LogP contribution in [0, 0.1) is 6.92 Å². The first-order valence-corrected chi connectivity index (χ1v) is 8.16. The van der Waals surface area contributed by atoms with Crippen LogP contribution in [0.3, 0.4) is 0 Å². The van der Waals surface area contributed by atoms with Crippen LogP contribution >= 0.6 is 0 Å². The highest BCUT2D eigenvalue weighted by atomic mass is 16.5. The number of benzene rings is 1. The van der Waals surface area contributed by atoms with E-state index in [1.54, 1.807) is 7.11 Å². The Bertz CT molecular complexity index is 672. The van der Waals surface area contributed by atoms with Gasteiger partial charge < -0.3 is 9.47 Å². The summed E-state index contributed by atoms with van der Waals surface area (Å²) in [5, 5.41) is 0. The Morgan fingerprint density at radius 2 is 2.17 bits per heavy atom. The first kappa shape index (κ1) is 15.8. The van der Waals surface area contributed by atoms with Gasteiger partial charge in [-0.2, -0.15) is 0 Å². The first-order valence-electron chi connectivity index (χ1n) is 8.16. The second kappa shape index (κ2) is 7.01. The molecular weight excluding hydrogens is 288 g/mol. The van der Waals surface area contributed by atoms with Gasteiger partial charge in [-0.05, 0) is 43.7 Å². The summed E-state index contributed by atoms with van der Waals surface area (Å²) in [5.74, 6) is 1.84. The zero-order valence-electron chi connectivity index (χ0n) is 14.1. The van der Waals surface area contributed by atoms with Crippen molar-refractivity contribution in [2.24, 2.45) is 0 Å². The molecular formula is C19H24N2O2. The molecule has 1 aliphatic heterocycles. The molecule has 0 unspecified atom stereocenters. The van der Waals surface area contributed by atoms with Gasteiger partial charge in [0.15, 0.2) is 0 Å². The van der Waals surface area contributed by atoms with Crippen molar-refractivity contribution in [1.29, 1.82) is 0 Å². The van der Waals surface area contributed by atoms with Crippen LogP contribution in [0.15, 0.2) is 36.4 Å². The molecule has 4 nitrogen and oxygen atoms in total. The van der Waals surface area contributed by atoms with Gasteiger partial charge >= 0.3 is 0 Å². The highest BCUT2D eigenvalue weighted by Gasteiger charge is 2.22. The average Bonchev–Trinajstić information content (AvgIpc) is 2.72. The van der Waals surface area contributed by atoms with Crippen LogP contribution in [0.5, 0.6) is 11.5 Å². The number of hydrogen-bond donors (Lipinski definition) is 0. The minimum absolute atomic E-state index is 0.203.